The van der Waals surface area contributed by atoms with Gasteiger partial charge in [-0.1, -0.05) is 0 Å². The molecule has 2 heterocycles. The van der Waals surface area contributed by atoms with Crippen LogP contribution in [0.4, 0.5) is 5.69 Å². The van der Waals surface area contributed by atoms with Gasteiger partial charge in [-0.05, 0) is 49.1 Å². The van der Waals surface area contributed by atoms with Crippen LogP contribution < -0.4 is 10.9 Å². The van der Waals surface area contributed by atoms with E-state index in [9.17, 15) is 4.79 Å². The summed E-state index contributed by atoms with van der Waals surface area (Å²) < 4.78 is 0. The van der Waals surface area contributed by atoms with Gasteiger partial charge in [0, 0.05) is 22.8 Å². The van der Waals surface area contributed by atoms with Crippen molar-refractivity contribution >= 4 is 16.6 Å². The van der Waals surface area contributed by atoms with Crippen molar-refractivity contribution in [1.82, 2.24) is 15.2 Å². The van der Waals surface area contributed by atoms with Crippen LogP contribution in [0.3, 0.4) is 0 Å². The van der Waals surface area contributed by atoms with Crippen molar-refractivity contribution in [1.29, 1.82) is 0 Å². The van der Waals surface area contributed by atoms with E-state index in [0.717, 1.165) is 41.5 Å². The minimum atomic E-state index is -0.0192. The number of pyridine rings is 1. The zero-order valence-electron chi connectivity index (χ0n) is 11.5. The Labute approximate surface area is 121 Å². The van der Waals surface area contributed by atoms with Crippen LogP contribution in [0, 0.1) is 0 Å². The van der Waals surface area contributed by atoms with Gasteiger partial charge in [0.1, 0.15) is 0 Å². The van der Waals surface area contributed by atoms with Crippen molar-refractivity contribution in [2.24, 2.45) is 0 Å². The standard InChI is InChI=1S/C16H16N4O/c21-16-7-5-12-14(2-1-3-15(12)19-16)18-11-4-6-13-10(8-11)9-17-20-13/h4-9,14,18H,1-3H2,(H,17,20)(H,19,21). The summed E-state index contributed by atoms with van der Waals surface area (Å²) in [6.07, 6.45) is 4.93. The molecule has 0 amide bonds. The molecule has 1 atom stereocenters. The van der Waals surface area contributed by atoms with Gasteiger partial charge in [0.05, 0.1) is 17.8 Å². The number of H-pyrrole nitrogens is 2. The first kappa shape index (κ1) is 12.2. The molecule has 21 heavy (non-hydrogen) atoms. The fourth-order valence-corrected chi connectivity index (χ4v) is 3.08. The third-order valence-electron chi connectivity index (χ3n) is 4.11. The number of nitrogens with one attached hydrogen (secondary N) is 3. The van der Waals surface area contributed by atoms with E-state index in [2.05, 4.69) is 32.6 Å². The van der Waals surface area contributed by atoms with Crippen LogP contribution in [0.1, 0.15) is 30.1 Å². The molecular weight excluding hydrogens is 264 g/mol. The predicted octanol–water partition coefficient (Wildman–Crippen LogP) is 2.74. The molecule has 1 aromatic carbocycles. The summed E-state index contributed by atoms with van der Waals surface area (Å²) in [5, 5.41) is 11.7. The highest BCUT2D eigenvalue weighted by atomic mass is 16.1. The van der Waals surface area contributed by atoms with E-state index in [0.29, 0.717) is 0 Å². The summed E-state index contributed by atoms with van der Waals surface area (Å²) in [5.41, 5.74) is 4.36. The van der Waals surface area contributed by atoms with Gasteiger partial charge in [0.15, 0.2) is 0 Å². The van der Waals surface area contributed by atoms with E-state index in [1.165, 1.54) is 5.56 Å². The molecule has 1 aliphatic rings. The molecule has 3 N–H and O–H groups in total. The maximum absolute atomic E-state index is 11.4. The van der Waals surface area contributed by atoms with E-state index in [4.69, 9.17) is 0 Å². The third kappa shape index (κ3) is 2.20. The minimum Gasteiger partial charge on any atom is -0.378 e. The van der Waals surface area contributed by atoms with Crippen molar-refractivity contribution in [2.45, 2.75) is 25.3 Å². The van der Waals surface area contributed by atoms with Crippen LogP contribution in [0.2, 0.25) is 0 Å². The lowest BCUT2D eigenvalue weighted by molar-refractivity contribution is 0.587. The largest absolute Gasteiger partial charge is 0.378 e. The molecule has 106 valence electrons. The minimum absolute atomic E-state index is 0.0192. The van der Waals surface area contributed by atoms with Crippen molar-refractivity contribution in [2.75, 3.05) is 5.32 Å². The Hall–Kier alpha value is -2.56. The van der Waals surface area contributed by atoms with Crippen LogP contribution in [-0.4, -0.2) is 15.2 Å². The predicted molar refractivity (Wildman–Crippen MR) is 82.5 cm³/mol. The van der Waals surface area contributed by atoms with Crippen LogP contribution in [0.25, 0.3) is 10.9 Å². The van der Waals surface area contributed by atoms with Gasteiger partial charge in [-0.15, -0.1) is 0 Å². The monoisotopic (exact) mass is 280 g/mol. The second-order valence-corrected chi connectivity index (χ2v) is 5.52. The lowest BCUT2D eigenvalue weighted by atomic mass is 9.91. The van der Waals surface area contributed by atoms with Gasteiger partial charge in [-0.25, -0.2) is 0 Å². The first-order valence-corrected chi connectivity index (χ1v) is 7.21. The maximum atomic E-state index is 11.4. The number of hydrogen-bond donors (Lipinski definition) is 3. The molecule has 1 aliphatic carbocycles. The average Bonchev–Trinajstić information content (AvgIpc) is 2.95. The molecule has 5 heteroatoms. The van der Waals surface area contributed by atoms with Crippen LogP contribution >= 0.6 is 0 Å². The van der Waals surface area contributed by atoms with Gasteiger partial charge in [0.25, 0.3) is 0 Å². The molecule has 0 saturated heterocycles. The highest BCUT2D eigenvalue weighted by molar-refractivity contribution is 5.81. The lowest BCUT2D eigenvalue weighted by Crippen LogP contribution is -2.21. The summed E-state index contributed by atoms with van der Waals surface area (Å²) in [5.74, 6) is 0. The Bertz CT molecular complexity index is 849. The lowest BCUT2D eigenvalue weighted by Gasteiger charge is -2.26. The Morgan fingerprint density at radius 3 is 3.14 bits per heavy atom. The highest BCUT2D eigenvalue weighted by Crippen LogP contribution is 2.31. The van der Waals surface area contributed by atoms with Crippen molar-refractivity contribution < 1.29 is 0 Å². The van der Waals surface area contributed by atoms with E-state index in [1.807, 2.05) is 18.3 Å². The van der Waals surface area contributed by atoms with E-state index in [1.54, 1.807) is 6.07 Å². The summed E-state index contributed by atoms with van der Waals surface area (Å²) in [7, 11) is 0. The molecule has 0 spiro atoms. The zero-order chi connectivity index (χ0) is 14.2. The molecule has 2 aromatic heterocycles. The quantitative estimate of drug-likeness (QED) is 0.675. The maximum Gasteiger partial charge on any atom is 0.248 e. The summed E-state index contributed by atoms with van der Waals surface area (Å²) in [6.45, 7) is 0. The summed E-state index contributed by atoms with van der Waals surface area (Å²) >= 11 is 0. The molecule has 0 radical (unpaired) electrons. The molecule has 0 aliphatic heterocycles. The van der Waals surface area contributed by atoms with Gasteiger partial charge in [-0.3, -0.25) is 9.89 Å². The molecule has 5 nitrogen and oxygen atoms in total. The van der Waals surface area contributed by atoms with Crippen molar-refractivity contribution in [3.8, 4) is 0 Å². The van der Waals surface area contributed by atoms with E-state index < -0.39 is 0 Å². The number of aromatic nitrogens is 3. The van der Waals surface area contributed by atoms with Gasteiger partial charge < -0.3 is 10.3 Å². The topological polar surface area (TPSA) is 73.6 Å². The third-order valence-corrected chi connectivity index (χ3v) is 4.11. The molecule has 1 unspecified atom stereocenters. The zero-order valence-corrected chi connectivity index (χ0v) is 11.5. The number of aromatic amines is 2. The van der Waals surface area contributed by atoms with E-state index >= 15 is 0 Å². The van der Waals surface area contributed by atoms with Gasteiger partial charge in [0.2, 0.25) is 5.56 Å². The van der Waals surface area contributed by atoms with Gasteiger partial charge in [-0.2, -0.15) is 5.10 Å². The first-order chi connectivity index (χ1) is 10.3. The summed E-state index contributed by atoms with van der Waals surface area (Å²) in [4.78, 5) is 14.4. The molecular formula is C16H16N4O. The number of nitrogens with zero attached hydrogens (tertiary/aromatic N) is 1. The number of anilines is 1. The molecule has 4 rings (SSSR count). The second kappa shape index (κ2) is 4.77. The molecule has 0 bridgehead atoms. The van der Waals surface area contributed by atoms with Crippen LogP contribution in [-0.2, 0) is 6.42 Å². The smallest absolute Gasteiger partial charge is 0.248 e. The van der Waals surface area contributed by atoms with Crippen LogP contribution in [0.15, 0.2) is 41.3 Å². The van der Waals surface area contributed by atoms with Gasteiger partial charge >= 0.3 is 0 Å². The highest BCUT2D eigenvalue weighted by Gasteiger charge is 2.20. The van der Waals surface area contributed by atoms with Crippen molar-refractivity contribution in [3.63, 3.8) is 0 Å². The number of benzene rings is 1. The Kier molecular flexibility index (Phi) is 2.77. The second-order valence-electron chi connectivity index (χ2n) is 5.52. The van der Waals surface area contributed by atoms with Crippen LogP contribution in [0.5, 0.6) is 0 Å². The number of rotatable bonds is 2. The number of aryl methyl sites for hydroxylation is 1. The average molecular weight is 280 g/mol. The normalized spacial score (nSPS) is 17.6. The Morgan fingerprint density at radius 1 is 1.24 bits per heavy atom. The Morgan fingerprint density at radius 2 is 2.19 bits per heavy atom. The SMILES string of the molecule is O=c1ccc2c([nH]1)CCCC2Nc1ccc2[nH]ncc2c1. The fraction of sp³-hybridized carbons (Fsp3) is 0.250. The number of fused-ring (bicyclic) bond motifs is 2. The Balaban J connectivity index is 1.67. The van der Waals surface area contributed by atoms with Crippen molar-refractivity contribution in [3.05, 3.63) is 58.1 Å². The molecule has 0 saturated carbocycles. The first-order valence-electron chi connectivity index (χ1n) is 7.21. The molecule has 0 fully saturated rings. The fourth-order valence-electron chi connectivity index (χ4n) is 3.08. The number of hydrogen-bond acceptors (Lipinski definition) is 3. The summed E-state index contributed by atoms with van der Waals surface area (Å²) in [6, 6.07) is 9.98. The van der Waals surface area contributed by atoms with E-state index in [-0.39, 0.29) is 11.6 Å². The molecule has 3 aromatic rings.